The number of hydrogen-bond acceptors (Lipinski definition) is 6. The molecule has 0 amide bonds. The average molecular weight is 482 g/mol. The van der Waals surface area contributed by atoms with Crippen molar-refractivity contribution in [3.63, 3.8) is 0 Å². The predicted molar refractivity (Wildman–Crippen MR) is 126 cm³/mol. The van der Waals surface area contributed by atoms with Gasteiger partial charge in [0.05, 0.1) is 23.3 Å². The number of ketones is 1. The van der Waals surface area contributed by atoms with Crippen molar-refractivity contribution in [3.8, 4) is 0 Å². The third kappa shape index (κ3) is 6.01. The van der Waals surface area contributed by atoms with E-state index in [1.807, 2.05) is 12.1 Å². The molecule has 7 nitrogen and oxygen atoms in total. The van der Waals surface area contributed by atoms with Crippen LogP contribution in [0.5, 0.6) is 0 Å². The summed E-state index contributed by atoms with van der Waals surface area (Å²) in [5.41, 5.74) is 1.91. The van der Waals surface area contributed by atoms with Gasteiger partial charge in [-0.2, -0.15) is 0 Å². The van der Waals surface area contributed by atoms with Gasteiger partial charge in [-0.3, -0.25) is 4.79 Å². The molecule has 178 valence electrons. The summed E-state index contributed by atoms with van der Waals surface area (Å²) >= 11 is 0. The van der Waals surface area contributed by atoms with Crippen molar-refractivity contribution in [2.45, 2.75) is 49.5 Å². The van der Waals surface area contributed by atoms with Crippen LogP contribution in [0.4, 0.5) is 0 Å². The first-order valence-corrected chi connectivity index (χ1v) is 12.8. The molecule has 0 bridgehead atoms. The molecule has 34 heavy (non-hydrogen) atoms. The van der Waals surface area contributed by atoms with Crippen LogP contribution in [0.15, 0.2) is 76.2 Å². The summed E-state index contributed by atoms with van der Waals surface area (Å²) in [6.07, 6.45) is 7.61. The summed E-state index contributed by atoms with van der Waals surface area (Å²) in [6.45, 7) is -0.366. The molecular weight excluding hydrogens is 454 g/mol. The maximum atomic E-state index is 12.5. The number of benzene rings is 2. The van der Waals surface area contributed by atoms with E-state index >= 15 is 0 Å². The van der Waals surface area contributed by atoms with Gasteiger partial charge in [0.2, 0.25) is 10.0 Å². The molecule has 2 aromatic carbocycles. The van der Waals surface area contributed by atoms with Crippen LogP contribution in [0, 0.1) is 0 Å². The van der Waals surface area contributed by atoms with Gasteiger partial charge in [0.25, 0.3) is 0 Å². The highest BCUT2D eigenvalue weighted by atomic mass is 32.2. The lowest BCUT2D eigenvalue weighted by Crippen LogP contribution is -2.23. The van der Waals surface area contributed by atoms with Crippen LogP contribution in [0.25, 0.3) is 0 Å². The zero-order valence-electron chi connectivity index (χ0n) is 18.7. The Morgan fingerprint density at radius 3 is 2.24 bits per heavy atom. The Hall–Kier alpha value is -3.23. The number of hydrogen-bond donors (Lipinski definition) is 1. The highest BCUT2D eigenvalue weighted by Gasteiger charge is 2.18. The number of nitrogens with one attached hydrogen (secondary N) is 1. The number of furan rings is 1. The molecule has 1 fully saturated rings. The lowest BCUT2D eigenvalue weighted by Gasteiger charge is -2.22. The first-order valence-electron chi connectivity index (χ1n) is 11.3. The summed E-state index contributed by atoms with van der Waals surface area (Å²) in [4.78, 5) is 24.8. The topological polar surface area (TPSA) is 103 Å². The molecular formula is C26H27NO6S. The summed E-state index contributed by atoms with van der Waals surface area (Å²) in [5, 5.41) is 0. The van der Waals surface area contributed by atoms with E-state index < -0.39 is 16.0 Å². The van der Waals surface area contributed by atoms with E-state index in [2.05, 4.69) is 4.72 Å². The summed E-state index contributed by atoms with van der Waals surface area (Å²) in [7, 11) is -3.77. The van der Waals surface area contributed by atoms with E-state index in [9.17, 15) is 18.0 Å². The van der Waals surface area contributed by atoms with Crippen LogP contribution in [-0.4, -0.2) is 26.8 Å². The Kier molecular flexibility index (Phi) is 7.59. The van der Waals surface area contributed by atoms with Gasteiger partial charge in [-0.05, 0) is 60.7 Å². The van der Waals surface area contributed by atoms with Crippen molar-refractivity contribution in [3.05, 3.63) is 89.4 Å². The minimum absolute atomic E-state index is 0.00439. The van der Waals surface area contributed by atoms with E-state index in [0.717, 1.165) is 0 Å². The normalized spacial score (nSPS) is 14.6. The number of carbonyl (C=O) groups excluding carboxylic acids is 2. The molecule has 1 aliphatic rings. The first-order chi connectivity index (χ1) is 16.4. The maximum Gasteiger partial charge on any atom is 0.338 e. The number of carbonyl (C=O) groups is 2. The molecule has 8 heteroatoms. The lowest BCUT2D eigenvalue weighted by atomic mass is 9.84. The zero-order chi connectivity index (χ0) is 24.0. The second-order valence-electron chi connectivity index (χ2n) is 8.38. The molecule has 1 N–H and O–H groups in total. The molecule has 1 aromatic heterocycles. The van der Waals surface area contributed by atoms with Crippen molar-refractivity contribution in [2.75, 3.05) is 6.61 Å². The minimum atomic E-state index is -3.77. The summed E-state index contributed by atoms with van der Waals surface area (Å²) in [6, 6.07) is 16.2. The largest absolute Gasteiger partial charge is 0.468 e. The van der Waals surface area contributed by atoms with Gasteiger partial charge < -0.3 is 9.15 Å². The van der Waals surface area contributed by atoms with Gasteiger partial charge in [0.1, 0.15) is 5.76 Å². The first kappa shape index (κ1) is 23.9. The Labute approximate surface area is 199 Å². The number of sulfonamides is 1. The van der Waals surface area contributed by atoms with Crippen molar-refractivity contribution in [1.29, 1.82) is 0 Å². The van der Waals surface area contributed by atoms with Crippen molar-refractivity contribution < 1.29 is 27.2 Å². The molecule has 0 radical (unpaired) electrons. The fourth-order valence-electron chi connectivity index (χ4n) is 4.11. The van der Waals surface area contributed by atoms with E-state index in [1.54, 1.807) is 24.3 Å². The van der Waals surface area contributed by atoms with Gasteiger partial charge in [-0.1, -0.05) is 43.5 Å². The number of Topliss-reactive ketones (excluding diaryl/α,β-unsaturated/α-hetero) is 1. The minimum Gasteiger partial charge on any atom is -0.468 e. The number of rotatable bonds is 9. The van der Waals surface area contributed by atoms with E-state index in [-0.39, 0.29) is 29.4 Å². The molecule has 0 aliphatic heterocycles. The summed E-state index contributed by atoms with van der Waals surface area (Å²) < 4.78 is 37.5. The van der Waals surface area contributed by atoms with Crippen molar-refractivity contribution >= 4 is 21.8 Å². The van der Waals surface area contributed by atoms with Gasteiger partial charge >= 0.3 is 5.97 Å². The highest BCUT2D eigenvalue weighted by Crippen LogP contribution is 2.32. The molecule has 1 heterocycles. The number of ether oxygens (including phenoxy) is 1. The molecule has 1 saturated carbocycles. The quantitative estimate of drug-likeness (QED) is 0.346. The van der Waals surface area contributed by atoms with Gasteiger partial charge in [0, 0.05) is 5.56 Å². The predicted octanol–water partition coefficient (Wildman–Crippen LogP) is 4.85. The lowest BCUT2D eigenvalue weighted by molar-refractivity contribution is 0.0474. The van der Waals surface area contributed by atoms with Crippen LogP contribution in [-0.2, 0) is 21.3 Å². The zero-order valence-corrected chi connectivity index (χ0v) is 19.6. The van der Waals surface area contributed by atoms with Crippen LogP contribution in [0.1, 0.15) is 70.1 Å². The molecule has 3 aromatic rings. The van der Waals surface area contributed by atoms with Crippen LogP contribution >= 0.6 is 0 Å². The van der Waals surface area contributed by atoms with Gasteiger partial charge in [-0.15, -0.1) is 0 Å². The molecule has 0 saturated heterocycles. The van der Waals surface area contributed by atoms with E-state index in [0.29, 0.717) is 17.2 Å². The van der Waals surface area contributed by atoms with Crippen molar-refractivity contribution in [2.24, 2.45) is 0 Å². The molecule has 1 aliphatic carbocycles. The fourth-order valence-corrected chi connectivity index (χ4v) is 5.10. The van der Waals surface area contributed by atoms with E-state index in [1.165, 1.54) is 68.2 Å². The van der Waals surface area contributed by atoms with Gasteiger partial charge in [-0.25, -0.2) is 17.9 Å². The third-order valence-electron chi connectivity index (χ3n) is 6.06. The fraction of sp³-hybridized carbons (Fsp3) is 0.308. The Morgan fingerprint density at radius 2 is 1.59 bits per heavy atom. The van der Waals surface area contributed by atoms with E-state index in [4.69, 9.17) is 9.15 Å². The van der Waals surface area contributed by atoms with Crippen LogP contribution in [0.3, 0.4) is 0 Å². The Morgan fingerprint density at radius 1 is 0.912 bits per heavy atom. The van der Waals surface area contributed by atoms with Crippen molar-refractivity contribution in [1.82, 2.24) is 4.72 Å². The van der Waals surface area contributed by atoms with Crippen LogP contribution < -0.4 is 4.72 Å². The second kappa shape index (κ2) is 10.8. The Balaban J connectivity index is 1.29. The molecule has 0 spiro atoms. The Bertz CT molecular complexity index is 1210. The molecule has 4 rings (SSSR count). The second-order valence-corrected chi connectivity index (χ2v) is 10.2. The average Bonchev–Trinajstić information content (AvgIpc) is 3.40. The smallest absolute Gasteiger partial charge is 0.338 e. The van der Waals surface area contributed by atoms with Crippen LogP contribution in [0.2, 0.25) is 0 Å². The highest BCUT2D eigenvalue weighted by molar-refractivity contribution is 7.89. The molecule has 0 atom stereocenters. The number of esters is 1. The van der Waals surface area contributed by atoms with Gasteiger partial charge in [0.15, 0.2) is 12.4 Å². The monoisotopic (exact) mass is 481 g/mol. The molecule has 0 unspecified atom stereocenters. The SMILES string of the molecule is O=C(COC(=O)c1ccc(S(=O)(=O)NCc2ccco2)cc1)c1ccc(C2CCCCC2)cc1. The third-order valence-corrected chi connectivity index (χ3v) is 7.48. The summed E-state index contributed by atoms with van der Waals surface area (Å²) in [5.74, 6) is 0.0597. The maximum absolute atomic E-state index is 12.5. The standard InChI is InChI=1S/C26H27NO6S/c28-25(21-10-8-20(9-11-21)19-5-2-1-3-6-19)18-33-26(29)22-12-14-24(15-13-22)34(30,31)27-17-23-7-4-16-32-23/h4,7-16,19,27H,1-3,5-6,17-18H2.